The van der Waals surface area contributed by atoms with Crippen LogP contribution < -0.4 is 5.69 Å². The molecule has 102 valence electrons. The lowest BCUT2D eigenvalue weighted by Crippen LogP contribution is -2.40. The largest absolute Gasteiger partial charge is 0.393 e. The number of aryl methyl sites for hydroxylation is 1. The highest BCUT2D eigenvalue weighted by Crippen LogP contribution is 2.37. The third-order valence-electron chi connectivity index (χ3n) is 2.98. The number of hydrogen-bond donors (Lipinski definition) is 2. The van der Waals surface area contributed by atoms with Crippen LogP contribution in [-0.4, -0.2) is 38.2 Å². The molecule has 1 aromatic heterocycles. The Morgan fingerprint density at radius 3 is 3.16 bits per heavy atom. The summed E-state index contributed by atoms with van der Waals surface area (Å²) in [5.74, 6) is 0. The summed E-state index contributed by atoms with van der Waals surface area (Å²) in [5.41, 5.74) is 6.91. The molecule has 2 N–H and O–H groups in total. The number of aromatic nitrogens is 2. The molecule has 1 aliphatic rings. The maximum Gasteiger partial charge on any atom is 0.349 e. The summed E-state index contributed by atoms with van der Waals surface area (Å²) in [5, 5.41) is 22.4. The monoisotopic (exact) mass is 267 g/mol. The Labute approximate surface area is 107 Å². The fourth-order valence-corrected chi connectivity index (χ4v) is 1.99. The first kappa shape index (κ1) is 13.5. The van der Waals surface area contributed by atoms with Crippen LogP contribution in [0, 0.1) is 6.92 Å². The highest BCUT2D eigenvalue weighted by Gasteiger charge is 2.48. The molecular weight excluding hydrogens is 254 g/mol. The van der Waals surface area contributed by atoms with E-state index in [9.17, 15) is 15.0 Å². The molecule has 9 heteroatoms. The van der Waals surface area contributed by atoms with E-state index in [1.54, 1.807) is 6.92 Å². The summed E-state index contributed by atoms with van der Waals surface area (Å²) < 4.78 is 6.57. The lowest BCUT2D eigenvalue weighted by molar-refractivity contribution is -0.124. The molecule has 2 rings (SSSR count). The molecule has 1 aliphatic heterocycles. The van der Waals surface area contributed by atoms with Crippen LogP contribution >= 0.6 is 0 Å². The maximum atomic E-state index is 11.6. The molecule has 0 radical (unpaired) electrons. The fraction of sp³-hybridized carbons (Fsp3) is 0.600. The summed E-state index contributed by atoms with van der Waals surface area (Å²) in [7, 11) is 0. The summed E-state index contributed by atoms with van der Waals surface area (Å²) >= 11 is 0. The van der Waals surface area contributed by atoms with Crippen molar-refractivity contribution in [2.45, 2.75) is 31.4 Å². The average Bonchev–Trinajstić information content (AvgIpc) is 2.71. The van der Waals surface area contributed by atoms with Gasteiger partial charge in [-0.05, 0) is 18.0 Å². The standard InChI is InChI=1S/C10H13N5O4/c1-6-3-12-9(18)15(4-6)8-2-7(17)10(5-16,19-8)13-14-11/h3-4,7-8,16-17H,2,5H2,1H3/t7-,8-,10+/m0/s1. The molecule has 2 heterocycles. The SMILES string of the molecule is Cc1cnc(=O)n([C@@H]2C[C@H](O)[C@](CO)(N=[N+]=[N-])O2)c1. The van der Waals surface area contributed by atoms with Crippen molar-refractivity contribution in [2.75, 3.05) is 6.61 Å². The number of azide groups is 1. The molecule has 0 saturated carbocycles. The highest BCUT2D eigenvalue weighted by atomic mass is 16.6. The molecule has 1 fully saturated rings. The predicted octanol–water partition coefficient (Wildman–Crippen LogP) is -0.170. The van der Waals surface area contributed by atoms with Gasteiger partial charge in [0.25, 0.3) is 0 Å². The number of ether oxygens (including phenoxy) is 1. The number of nitrogens with zero attached hydrogens (tertiary/aromatic N) is 5. The van der Waals surface area contributed by atoms with Crippen LogP contribution in [0.3, 0.4) is 0 Å². The Morgan fingerprint density at radius 1 is 1.79 bits per heavy atom. The molecule has 0 amide bonds. The third-order valence-corrected chi connectivity index (χ3v) is 2.98. The van der Waals surface area contributed by atoms with Gasteiger partial charge in [-0.3, -0.25) is 4.57 Å². The van der Waals surface area contributed by atoms with Crippen molar-refractivity contribution in [3.05, 3.63) is 38.9 Å². The molecule has 1 saturated heterocycles. The van der Waals surface area contributed by atoms with Gasteiger partial charge in [0.15, 0.2) is 5.72 Å². The molecule has 0 spiro atoms. The second-order valence-electron chi connectivity index (χ2n) is 4.34. The molecular formula is C10H13N5O4. The van der Waals surface area contributed by atoms with Crippen molar-refractivity contribution >= 4 is 0 Å². The zero-order valence-corrected chi connectivity index (χ0v) is 10.2. The number of hydrogen-bond acceptors (Lipinski definition) is 6. The molecule has 3 atom stereocenters. The van der Waals surface area contributed by atoms with Crippen molar-refractivity contribution in [1.29, 1.82) is 0 Å². The molecule has 1 aromatic rings. The van der Waals surface area contributed by atoms with Gasteiger partial charge in [0.1, 0.15) is 6.23 Å². The Balaban J connectivity index is 2.37. The van der Waals surface area contributed by atoms with E-state index in [-0.39, 0.29) is 6.42 Å². The van der Waals surface area contributed by atoms with E-state index in [1.165, 1.54) is 17.0 Å². The van der Waals surface area contributed by atoms with Crippen LogP contribution in [0.2, 0.25) is 0 Å². The van der Waals surface area contributed by atoms with Gasteiger partial charge in [-0.2, -0.15) is 0 Å². The zero-order chi connectivity index (χ0) is 14.0. The van der Waals surface area contributed by atoms with Gasteiger partial charge >= 0.3 is 5.69 Å². The van der Waals surface area contributed by atoms with E-state index in [4.69, 9.17) is 10.3 Å². The Kier molecular flexibility index (Phi) is 3.54. The normalized spacial score (nSPS) is 30.1. The van der Waals surface area contributed by atoms with Crippen LogP contribution in [0.15, 0.2) is 22.3 Å². The zero-order valence-electron chi connectivity index (χ0n) is 10.2. The second kappa shape index (κ2) is 4.98. The van der Waals surface area contributed by atoms with Crippen LogP contribution in [-0.2, 0) is 4.74 Å². The van der Waals surface area contributed by atoms with Gasteiger partial charge in [0.2, 0.25) is 0 Å². The lowest BCUT2D eigenvalue weighted by atomic mass is 10.1. The van der Waals surface area contributed by atoms with Crippen LogP contribution in [0.4, 0.5) is 0 Å². The molecule has 0 unspecified atom stereocenters. The van der Waals surface area contributed by atoms with Crippen molar-refractivity contribution in [3.63, 3.8) is 0 Å². The first-order valence-electron chi connectivity index (χ1n) is 5.60. The van der Waals surface area contributed by atoms with Crippen LogP contribution in [0.5, 0.6) is 0 Å². The molecule has 0 aromatic carbocycles. The Hall–Kier alpha value is -1.93. The topological polar surface area (TPSA) is 133 Å². The van der Waals surface area contributed by atoms with Gasteiger partial charge in [0, 0.05) is 23.7 Å². The first-order valence-corrected chi connectivity index (χ1v) is 5.60. The summed E-state index contributed by atoms with van der Waals surface area (Å²) in [6.45, 7) is 1.07. The summed E-state index contributed by atoms with van der Waals surface area (Å²) in [6, 6.07) is 0. The Morgan fingerprint density at radius 2 is 2.53 bits per heavy atom. The number of aliphatic hydroxyl groups is 2. The number of aliphatic hydroxyl groups excluding tert-OH is 2. The van der Waals surface area contributed by atoms with Gasteiger partial charge in [0.05, 0.1) is 12.7 Å². The number of rotatable bonds is 3. The summed E-state index contributed by atoms with van der Waals surface area (Å²) in [6.07, 6.45) is 0.913. The van der Waals surface area contributed by atoms with E-state index in [1.807, 2.05) is 0 Å². The van der Waals surface area contributed by atoms with E-state index in [2.05, 4.69) is 15.0 Å². The molecule has 9 nitrogen and oxygen atoms in total. The third kappa shape index (κ3) is 2.32. The minimum absolute atomic E-state index is 0.0185. The van der Waals surface area contributed by atoms with E-state index >= 15 is 0 Å². The van der Waals surface area contributed by atoms with Crippen molar-refractivity contribution in [1.82, 2.24) is 9.55 Å². The van der Waals surface area contributed by atoms with E-state index < -0.39 is 30.4 Å². The quantitative estimate of drug-likeness (QED) is 0.445. The van der Waals surface area contributed by atoms with Gasteiger partial charge in [-0.1, -0.05) is 5.11 Å². The van der Waals surface area contributed by atoms with Gasteiger partial charge < -0.3 is 14.9 Å². The molecule has 19 heavy (non-hydrogen) atoms. The predicted molar refractivity (Wildman–Crippen MR) is 62.9 cm³/mol. The second-order valence-corrected chi connectivity index (χ2v) is 4.34. The molecule has 0 aliphatic carbocycles. The minimum atomic E-state index is -1.76. The minimum Gasteiger partial charge on any atom is -0.393 e. The average molecular weight is 267 g/mol. The summed E-state index contributed by atoms with van der Waals surface area (Å²) in [4.78, 5) is 17.9. The fourth-order valence-electron chi connectivity index (χ4n) is 1.99. The lowest BCUT2D eigenvalue weighted by Gasteiger charge is -2.24. The van der Waals surface area contributed by atoms with E-state index in [0.717, 1.165) is 5.56 Å². The highest BCUT2D eigenvalue weighted by molar-refractivity contribution is 5.02. The maximum absolute atomic E-state index is 11.6. The van der Waals surface area contributed by atoms with Crippen LogP contribution in [0.1, 0.15) is 18.2 Å². The van der Waals surface area contributed by atoms with Gasteiger partial charge in [-0.25, -0.2) is 9.78 Å². The van der Waals surface area contributed by atoms with Crippen LogP contribution in [0.25, 0.3) is 10.4 Å². The van der Waals surface area contributed by atoms with Crippen molar-refractivity contribution in [3.8, 4) is 0 Å². The van der Waals surface area contributed by atoms with E-state index in [0.29, 0.717) is 0 Å². The Bertz CT molecular complexity index is 582. The first-order chi connectivity index (χ1) is 9.02. The molecule has 0 bridgehead atoms. The van der Waals surface area contributed by atoms with Gasteiger partial charge in [-0.15, -0.1) is 0 Å². The van der Waals surface area contributed by atoms with Crippen molar-refractivity contribution in [2.24, 2.45) is 5.11 Å². The smallest absolute Gasteiger partial charge is 0.349 e. The van der Waals surface area contributed by atoms with Crippen molar-refractivity contribution < 1.29 is 14.9 Å².